The Kier molecular flexibility index (Phi) is 3.70. The molecule has 3 nitrogen and oxygen atoms in total. The van der Waals surface area contributed by atoms with Gasteiger partial charge in [-0.15, -0.1) is 0 Å². The molecule has 0 fully saturated rings. The van der Waals surface area contributed by atoms with E-state index in [1.807, 2.05) is 12.1 Å². The second kappa shape index (κ2) is 5.25. The standard InChI is InChI=1S/C15H19NO2/c1-4-11-9-12(16(5-2)6-3)10-14-13(11)7-8-15(17)18-14/h7-10H,4-6H2,1-3H3. The van der Waals surface area contributed by atoms with Crippen molar-refractivity contribution < 1.29 is 4.42 Å². The molecule has 0 aliphatic heterocycles. The Morgan fingerprint density at radius 3 is 2.44 bits per heavy atom. The van der Waals surface area contributed by atoms with Gasteiger partial charge in [-0.2, -0.15) is 0 Å². The van der Waals surface area contributed by atoms with Crippen LogP contribution in [0.5, 0.6) is 0 Å². The second-order valence-corrected chi connectivity index (χ2v) is 4.30. The molecule has 3 heteroatoms. The first-order valence-corrected chi connectivity index (χ1v) is 6.51. The Morgan fingerprint density at radius 2 is 1.83 bits per heavy atom. The van der Waals surface area contributed by atoms with E-state index in [-0.39, 0.29) is 5.63 Å². The monoisotopic (exact) mass is 245 g/mol. The van der Waals surface area contributed by atoms with Crippen LogP contribution in [0.4, 0.5) is 5.69 Å². The zero-order valence-electron chi connectivity index (χ0n) is 11.2. The number of anilines is 1. The van der Waals surface area contributed by atoms with E-state index in [1.165, 1.54) is 11.6 Å². The number of hydrogen-bond acceptors (Lipinski definition) is 3. The average Bonchev–Trinajstić information content (AvgIpc) is 2.38. The average molecular weight is 245 g/mol. The summed E-state index contributed by atoms with van der Waals surface area (Å²) in [6.45, 7) is 8.26. The molecule has 0 radical (unpaired) electrons. The third-order valence-electron chi connectivity index (χ3n) is 3.32. The molecule has 1 heterocycles. The Morgan fingerprint density at radius 1 is 1.11 bits per heavy atom. The van der Waals surface area contributed by atoms with Gasteiger partial charge in [-0.05, 0) is 38.0 Å². The summed E-state index contributed by atoms with van der Waals surface area (Å²) in [4.78, 5) is 13.6. The Balaban J connectivity index is 2.67. The highest BCUT2D eigenvalue weighted by Crippen LogP contribution is 2.25. The van der Waals surface area contributed by atoms with Crippen molar-refractivity contribution in [1.29, 1.82) is 0 Å². The molecule has 0 N–H and O–H groups in total. The molecule has 0 atom stereocenters. The van der Waals surface area contributed by atoms with E-state index in [9.17, 15) is 4.79 Å². The van der Waals surface area contributed by atoms with Crippen LogP contribution in [0.3, 0.4) is 0 Å². The first-order chi connectivity index (χ1) is 8.69. The molecule has 18 heavy (non-hydrogen) atoms. The Bertz CT molecular complexity index is 597. The lowest BCUT2D eigenvalue weighted by atomic mass is 10.1. The van der Waals surface area contributed by atoms with Gasteiger partial charge in [0, 0.05) is 36.3 Å². The van der Waals surface area contributed by atoms with Crippen molar-refractivity contribution >= 4 is 16.7 Å². The van der Waals surface area contributed by atoms with E-state index >= 15 is 0 Å². The quantitative estimate of drug-likeness (QED) is 0.776. The summed E-state index contributed by atoms with van der Waals surface area (Å²) in [6, 6.07) is 7.49. The summed E-state index contributed by atoms with van der Waals surface area (Å²) >= 11 is 0. The first kappa shape index (κ1) is 12.7. The largest absolute Gasteiger partial charge is 0.423 e. The van der Waals surface area contributed by atoms with Gasteiger partial charge >= 0.3 is 5.63 Å². The molecule has 0 unspecified atom stereocenters. The predicted molar refractivity (Wildman–Crippen MR) is 75.4 cm³/mol. The fourth-order valence-corrected chi connectivity index (χ4v) is 2.30. The minimum absolute atomic E-state index is 0.291. The van der Waals surface area contributed by atoms with Gasteiger partial charge < -0.3 is 9.32 Å². The zero-order chi connectivity index (χ0) is 13.1. The van der Waals surface area contributed by atoms with Crippen LogP contribution in [0.15, 0.2) is 33.5 Å². The summed E-state index contributed by atoms with van der Waals surface area (Å²) in [7, 11) is 0. The molecule has 0 aliphatic carbocycles. The van der Waals surface area contributed by atoms with Gasteiger partial charge in [0.15, 0.2) is 0 Å². The van der Waals surface area contributed by atoms with Gasteiger partial charge in [0.25, 0.3) is 0 Å². The highest BCUT2D eigenvalue weighted by Gasteiger charge is 2.08. The molecule has 1 aromatic carbocycles. The smallest absolute Gasteiger partial charge is 0.336 e. The van der Waals surface area contributed by atoms with Gasteiger partial charge in [-0.25, -0.2) is 4.79 Å². The first-order valence-electron chi connectivity index (χ1n) is 6.51. The molecular formula is C15H19NO2. The summed E-state index contributed by atoms with van der Waals surface area (Å²) in [5.41, 5.74) is 2.74. The second-order valence-electron chi connectivity index (χ2n) is 4.30. The third kappa shape index (κ3) is 2.26. The molecule has 0 saturated heterocycles. The van der Waals surface area contributed by atoms with Crippen LogP contribution in [0.25, 0.3) is 11.0 Å². The lowest BCUT2D eigenvalue weighted by Gasteiger charge is -2.22. The highest BCUT2D eigenvalue weighted by molar-refractivity contribution is 5.84. The van der Waals surface area contributed by atoms with E-state index in [1.54, 1.807) is 0 Å². The van der Waals surface area contributed by atoms with Gasteiger partial charge in [0.2, 0.25) is 0 Å². The van der Waals surface area contributed by atoms with E-state index in [0.29, 0.717) is 5.58 Å². The van der Waals surface area contributed by atoms with Gasteiger partial charge in [0.05, 0.1) is 0 Å². The van der Waals surface area contributed by atoms with E-state index in [4.69, 9.17) is 4.42 Å². The summed E-state index contributed by atoms with van der Waals surface area (Å²) < 4.78 is 5.30. The summed E-state index contributed by atoms with van der Waals surface area (Å²) in [5.74, 6) is 0. The van der Waals surface area contributed by atoms with Gasteiger partial charge in [-0.1, -0.05) is 6.92 Å². The molecule has 2 rings (SSSR count). The van der Waals surface area contributed by atoms with Crippen LogP contribution in [-0.4, -0.2) is 13.1 Å². The molecule has 0 aliphatic rings. The Hall–Kier alpha value is -1.77. The van der Waals surface area contributed by atoms with Crippen molar-refractivity contribution in [2.75, 3.05) is 18.0 Å². The highest BCUT2D eigenvalue weighted by atomic mass is 16.4. The van der Waals surface area contributed by atoms with Crippen molar-refractivity contribution in [1.82, 2.24) is 0 Å². The number of fused-ring (bicyclic) bond motifs is 1. The molecule has 2 aromatic rings. The van der Waals surface area contributed by atoms with Crippen molar-refractivity contribution in [2.45, 2.75) is 27.2 Å². The summed E-state index contributed by atoms with van der Waals surface area (Å²) in [5, 5.41) is 1.04. The fraction of sp³-hybridized carbons (Fsp3) is 0.400. The predicted octanol–water partition coefficient (Wildman–Crippen LogP) is 3.20. The fourth-order valence-electron chi connectivity index (χ4n) is 2.30. The minimum Gasteiger partial charge on any atom is -0.423 e. The normalized spacial score (nSPS) is 10.8. The molecule has 0 amide bonds. The topological polar surface area (TPSA) is 33.5 Å². The van der Waals surface area contributed by atoms with Crippen molar-refractivity contribution in [2.24, 2.45) is 0 Å². The van der Waals surface area contributed by atoms with E-state index < -0.39 is 0 Å². The van der Waals surface area contributed by atoms with Crippen LogP contribution < -0.4 is 10.5 Å². The van der Waals surface area contributed by atoms with Crippen LogP contribution >= 0.6 is 0 Å². The maximum absolute atomic E-state index is 11.3. The van der Waals surface area contributed by atoms with Gasteiger partial charge in [-0.3, -0.25) is 0 Å². The van der Waals surface area contributed by atoms with E-state index in [2.05, 4.69) is 31.7 Å². The molecule has 0 bridgehead atoms. The Labute approximate surface area is 107 Å². The lowest BCUT2D eigenvalue weighted by Crippen LogP contribution is -2.21. The molecule has 96 valence electrons. The van der Waals surface area contributed by atoms with Crippen LogP contribution in [0.1, 0.15) is 26.3 Å². The van der Waals surface area contributed by atoms with Gasteiger partial charge in [0.1, 0.15) is 5.58 Å². The number of nitrogens with zero attached hydrogens (tertiary/aromatic N) is 1. The maximum atomic E-state index is 11.3. The summed E-state index contributed by atoms with van der Waals surface area (Å²) in [6.07, 6.45) is 0.930. The molecule has 0 saturated carbocycles. The molecule has 0 spiro atoms. The lowest BCUT2D eigenvalue weighted by molar-refractivity contribution is 0.560. The number of rotatable bonds is 4. The minimum atomic E-state index is -0.291. The van der Waals surface area contributed by atoms with E-state index in [0.717, 1.165) is 30.6 Å². The maximum Gasteiger partial charge on any atom is 0.336 e. The molecular weight excluding hydrogens is 226 g/mol. The number of benzene rings is 1. The van der Waals surface area contributed by atoms with Crippen molar-refractivity contribution in [3.8, 4) is 0 Å². The number of aryl methyl sites for hydroxylation is 1. The zero-order valence-corrected chi connectivity index (χ0v) is 11.2. The SMILES string of the molecule is CCc1cc(N(CC)CC)cc2oc(=O)ccc12. The van der Waals surface area contributed by atoms with Crippen LogP contribution in [0.2, 0.25) is 0 Å². The third-order valence-corrected chi connectivity index (χ3v) is 3.32. The van der Waals surface area contributed by atoms with Crippen molar-refractivity contribution in [3.05, 3.63) is 40.2 Å². The van der Waals surface area contributed by atoms with Crippen molar-refractivity contribution in [3.63, 3.8) is 0 Å². The van der Waals surface area contributed by atoms with Crippen LogP contribution in [0, 0.1) is 0 Å². The number of hydrogen-bond donors (Lipinski definition) is 0. The van der Waals surface area contributed by atoms with Crippen LogP contribution in [-0.2, 0) is 6.42 Å². The molecule has 1 aromatic heterocycles.